The third-order valence-corrected chi connectivity index (χ3v) is 3.86. The quantitative estimate of drug-likeness (QED) is 0.688. The Morgan fingerprint density at radius 3 is 2.94 bits per heavy atom. The van der Waals surface area contributed by atoms with Crippen LogP contribution in [0.4, 0.5) is 0 Å². The molecule has 2 aliphatic rings. The number of hydrogen-bond donors (Lipinski definition) is 0. The summed E-state index contributed by atoms with van der Waals surface area (Å²) < 4.78 is 18.7. The Kier molecular flexibility index (Phi) is 2.54. The molecule has 0 aromatic heterocycles. The number of hydrogen-bond acceptors (Lipinski definition) is 3. The zero-order valence-electron chi connectivity index (χ0n) is 10.1. The van der Waals surface area contributed by atoms with Crippen molar-refractivity contribution in [3.63, 3.8) is 0 Å². The smallest absolute Gasteiger partial charge is 0.491 e. The maximum Gasteiger partial charge on any atom is 0.499 e. The van der Waals surface area contributed by atoms with Crippen LogP contribution in [0.3, 0.4) is 0 Å². The summed E-state index contributed by atoms with van der Waals surface area (Å²) in [4.78, 5) is 0. The minimum absolute atomic E-state index is 0.0295. The van der Waals surface area contributed by atoms with Gasteiger partial charge in [0.15, 0.2) is 0 Å². The van der Waals surface area contributed by atoms with E-state index in [1.54, 1.807) is 0 Å². The van der Waals surface area contributed by atoms with Crippen LogP contribution in [0.2, 0.25) is 0 Å². The lowest BCUT2D eigenvalue weighted by Gasteiger charge is -2.24. The summed E-state index contributed by atoms with van der Waals surface area (Å²) in [5.41, 5.74) is 1.85. The van der Waals surface area contributed by atoms with Gasteiger partial charge in [0, 0.05) is 9.94 Å². The lowest BCUT2D eigenvalue weighted by Crippen LogP contribution is -2.40. The molecule has 0 unspecified atom stereocenters. The van der Waals surface area contributed by atoms with E-state index in [9.17, 15) is 0 Å². The number of rotatable bonds is 0. The van der Waals surface area contributed by atoms with Crippen molar-refractivity contribution >= 4 is 28.5 Å². The molecular weight excluding hydrogens is 283 g/mol. The zero-order chi connectivity index (χ0) is 12.2. The minimum Gasteiger partial charge on any atom is -0.491 e. The first-order valence-electron chi connectivity index (χ1n) is 5.76. The van der Waals surface area contributed by atoms with Gasteiger partial charge >= 0.3 is 7.12 Å². The summed E-state index contributed by atoms with van der Waals surface area (Å²) in [5.74, 6) is 0.878. The highest BCUT2D eigenvalue weighted by molar-refractivity contribution is 9.10. The van der Waals surface area contributed by atoms with Crippen molar-refractivity contribution in [1.82, 2.24) is 0 Å². The summed E-state index contributed by atoms with van der Waals surface area (Å²) in [5, 5.41) is 0. The van der Waals surface area contributed by atoms with Crippen molar-refractivity contribution in [2.24, 2.45) is 0 Å². The Labute approximate surface area is 110 Å². The third-order valence-electron chi connectivity index (χ3n) is 3.17. The van der Waals surface area contributed by atoms with Gasteiger partial charge in [0.1, 0.15) is 12.4 Å². The zero-order valence-corrected chi connectivity index (χ0v) is 11.7. The van der Waals surface area contributed by atoms with Crippen LogP contribution in [0.25, 0.3) is 0 Å². The fourth-order valence-corrected chi connectivity index (χ4v) is 3.02. The summed E-state index contributed by atoms with van der Waals surface area (Å²) in [6.45, 7) is 6.60. The Morgan fingerprint density at radius 1 is 1.41 bits per heavy atom. The van der Waals surface area contributed by atoms with Crippen molar-refractivity contribution in [3.05, 3.63) is 22.2 Å². The fourth-order valence-electron chi connectivity index (χ4n) is 2.36. The largest absolute Gasteiger partial charge is 0.499 e. The van der Waals surface area contributed by atoms with E-state index in [2.05, 4.69) is 15.9 Å². The van der Waals surface area contributed by atoms with Crippen LogP contribution in [0.1, 0.15) is 32.4 Å². The topological polar surface area (TPSA) is 27.7 Å². The van der Waals surface area contributed by atoms with Crippen LogP contribution in [-0.2, 0) is 9.31 Å². The van der Waals surface area contributed by atoms with E-state index in [-0.39, 0.29) is 18.8 Å². The number of benzene rings is 1. The Hall–Kier alpha value is -0.515. The van der Waals surface area contributed by atoms with Crippen molar-refractivity contribution in [1.29, 1.82) is 0 Å². The second-order valence-corrected chi connectivity index (χ2v) is 6.00. The predicted octanol–water partition coefficient (Wildman–Crippen LogP) is 2.42. The molecule has 3 rings (SSSR count). The average Bonchev–Trinajstić information content (AvgIpc) is 2.48. The number of halogens is 1. The Morgan fingerprint density at radius 2 is 2.18 bits per heavy atom. The standard InChI is InChI=1S/C12H14BBrO3/c1-7-10-8(14)4-5-9-11(10)13(16-7)17-12(2,3)6-15-9/h4-5,7H,6H2,1-3H3/t7-/m1/s1. The van der Waals surface area contributed by atoms with Gasteiger partial charge in [-0.2, -0.15) is 0 Å². The molecule has 1 aromatic rings. The molecular formula is C12H14BBrO3. The molecule has 1 atom stereocenters. The monoisotopic (exact) mass is 296 g/mol. The highest BCUT2D eigenvalue weighted by atomic mass is 79.9. The van der Waals surface area contributed by atoms with Crippen molar-refractivity contribution in [3.8, 4) is 5.75 Å². The average molecular weight is 297 g/mol. The van der Waals surface area contributed by atoms with E-state index in [1.807, 2.05) is 32.9 Å². The maximum atomic E-state index is 5.98. The normalized spacial score (nSPS) is 25.2. The fraction of sp³-hybridized carbons (Fsp3) is 0.500. The molecule has 2 heterocycles. The maximum absolute atomic E-state index is 5.98. The molecule has 0 N–H and O–H groups in total. The van der Waals surface area contributed by atoms with Crippen molar-refractivity contribution in [2.75, 3.05) is 6.61 Å². The summed E-state index contributed by atoms with van der Waals surface area (Å²) >= 11 is 3.57. The van der Waals surface area contributed by atoms with Gasteiger partial charge in [-0.3, -0.25) is 0 Å². The lowest BCUT2D eigenvalue weighted by molar-refractivity contribution is 0.0291. The van der Waals surface area contributed by atoms with E-state index in [0.717, 1.165) is 21.2 Å². The van der Waals surface area contributed by atoms with Gasteiger partial charge in [-0.15, -0.1) is 0 Å². The first kappa shape index (κ1) is 11.6. The number of ether oxygens (including phenoxy) is 1. The molecule has 90 valence electrons. The highest BCUT2D eigenvalue weighted by Crippen LogP contribution is 2.36. The molecule has 17 heavy (non-hydrogen) atoms. The highest BCUT2D eigenvalue weighted by Gasteiger charge is 2.45. The van der Waals surface area contributed by atoms with Crippen LogP contribution in [0.15, 0.2) is 16.6 Å². The second-order valence-electron chi connectivity index (χ2n) is 5.15. The van der Waals surface area contributed by atoms with Gasteiger partial charge in [0.2, 0.25) is 0 Å². The molecule has 0 radical (unpaired) electrons. The minimum atomic E-state index is -0.336. The van der Waals surface area contributed by atoms with E-state index < -0.39 is 0 Å². The molecule has 0 bridgehead atoms. The van der Waals surface area contributed by atoms with Crippen LogP contribution in [0.5, 0.6) is 5.75 Å². The Bertz CT molecular complexity index is 475. The van der Waals surface area contributed by atoms with Crippen LogP contribution < -0.4 is 10.2 Å². The van der Waals surface area contributed by atoms with E-state index in [4.69, 9.17) is 14.0 Å². The summed E-state index contributed by atoms with van der Waals surface area (Å²) in [6, 6.07) is 3.98. The van der Waals surface area contributed by atoms with Crippen LogP contribution in [0, 0.1) is 0 Å². The molecule has 5 heteroatoms. The third kappa shape index (κ3) is 1.81. The van der Waals surface area contributed by atoms with E-state index in [0.29, 0.717) is 6.61 Å². The van der Waals surface area contributed by atoms with Crippen LogP contribution in [-0.4, -0.2) is 19.3 Å². The first-order valence-corrected chi connectivity index (χ1v) is 6.55. The van der Waals surface area contributed by atoms with Gasteiger partial charge in [0.05, 0.1) is 11.7 Å². The molecule has 0 aliphatic carbocycles. The van der Waals surface area contributed by atoms with Crippen LogP contribution >= 0.6 is 15.9 Å². The molecule has 0 saturated carbocycles. The molecule has 0 fully saturated rings. The van der Waals surface area contributed by atoms with Gasteiger partial charge in [-0.05, 0) is 38.5 Å². The Balaban J connectivity index is 2.15. The second kappa shape index (κ2) is 3.74. The molecule has 0 spiro atoms. The molecule has 2 aliphatic heterocycles. The van der Waals surface area contributed by atoms with Gasteiger partial charge in [0.25, 0.3) is 0 Å². The van der Waals surface area contributed by atoms with Gasteiger partial charge < -0.3 is 14.0 Å². The first-order chi connectivity index (χ1) is 7.98. The van der Waals surface area contributed by atoms with Crippen molar-refractivity contribution < 1.29 is 14.0 Å². The summed E-state index contributed by atoms with van der Waals surface area (Å²) in [6.07, 6.45) is 0.0295. The molecule has 3 nitrogen and oxygen atoms in total. The summed E-state index contributed by atoms with van der Waals surface area (Å²) in [7, 11) is -0.315. The molecule has 0 amide bonds. The van der Waals surface area contributed by atoms with Gasteiger partial charge in [-0.1, -0.05) is 15.9 Å². The lowest BCUT2D eigenvalue weighted by atomic mass is 9.77. The van der Waals surface area contributed by atoms with E-state index in [1.165, 1.54) is 0 Å². The SMILES string of the molecule is C[C@H]1OB2OC(C)(C)COc3ccc(Br)c1c32. The van der Waals surface area contributed by atoms with Gasteiger partial charge in [-0.25, -0.2) is 0 Å². The molecule has 0 saturated heterocycles. The predicted molar refractivity (Wildman–Crippen MR) is 69.7 cm³/mol. The van der Waals surface area contributed by atoms with Crippen molar-refractivity contribution in [2.45, 2.75) is 32.5 Å². The van der Waals surface area contributed by atoms with E-state index >= 15 is 0 Å². The molecule has 1 aromatic carbocycles.